The number of hydrogen-bond donors (Lipinski definition) is 1. The maximum atomic E-state index is 12.5. The average molecular weight is 302 g/mol. The number of benzene rings is 1. The van der Waals surface area contributed by atoms with Crippen molar-refractivity contribution in [1.29, 1.82) is 0 Å². The summed E-state index contributed by atoms with van der Waals surface area (Å²) in [6, 6.07) is 7.52. The predicted octanol–water partition coefficient (Wildman–Crippen LogP) is 2.58. The van der Waals surface area contributed by atoms with Gasteiger partial charge in [0.25, 0.3) is 0 Å². The van der Waals surface area contributed by atoms with Gasteiger partial charge in [-0.15, -0.1) is 0 Å². The first-order valence-electron chi connectivity index (χ1n) is 7.06. The highest BCUT2D eigenvalue weighted by molar-refractivity contribution is 5.87. The van der Waals surface area contributed by atoms with Crippen molar-refractivity contribution in [2.45, 2.75) is 32.9 Å². The van der Waals surface area contributed by atoms with Crippen LogP contribution in [0.3, 0.4) is 0 Å². The average Bonchev–Trinajstić information content (AvgIpc) is 2.78. The minimum Gasteiger partial charge on any atom is -0.486 e. The normalized spacial score (nSPS) is 16.4. The molecule has 0 saturated heterocycles. The van der Waals surface area contributed by atoms with Crippen molar-refractivity contribution in [2.75, 3.05) is 11.9 Å². The van der Waals surface area contributed by atoms with Gasteiger partial charge in [0.05, 0.1) is 13.1 Å². The lowest BCUT2D eigenvalue weighted by atomic mass is 10.1. The van der Waals surface area contributed by atoms with Gasteiger partial charge in [0.1, 0.15) is 11.4 Å². The van der Waals surface area contributed by atoms with Crippen LogP contribution < -0.4 is 10.1 Å². The summed E-state index contributed by atoms with van der Waals surface area (Å²) in [6.07, 6.45) is 0. The summed E-state index contributed by atoms with van der Waals surface area (Å²) < 4.78 is 10.9. The third kappa shape index (κ3) is 3.03. The number of carbonyl (C=O) groups is 1. The van der Waals surface area contributed by atoms with Gasteiger partial charge in [0, 0.05) is 5.56 Å². The highest BCUT2D eigenvalue weighted by Gasteiger charge is 2.31. The van der Waals surface area contributed by atoms with Crippen LogP contribution >= 0.6 is 0 Å². The predicted molar refractivity (Wildman–Crippen MR) is 79.6 cm³/mol. The molecule has 3 rings (SSSR count). The van der Waals surface area contributed by atoms with Crippen molar-refractivity contribution in [1.82, 2.24) is 15.0 Å². The minimum absolute atomic E-state index is 0.0961. The molecule has 0 unspecified atom stereocenters. The second kappa shape index (κ2) is 5.32. The Morgan fingerprint density at radius 3 is 2.86 bits per heavy atom. The van der Waals surface area contributed by atoms with E-state index < -0.39 is 5.60 Å². The summed E-state index contributed by atoms with van der Waals surface area (Å²) in [5, 5.41) is 6.27. The van der Waals surface area contributed by atoms with Crippen LogP contribution in [-0.4, -0.2) is 33.2 Å². The van der Waals surface area contributed by atoms with Gasteiger partial charge < -0.3 is 14.2 Å². The van der Waals surface area contributed by atoms with Crippen LogP contribution in [0.2, 0.25) is 0 Å². The standard InChI is InChI=1S/C15H18N4O3/c1-10-16-13(22-18-10)17-14(20)19-8-11-6-4-5-7-12(11)21-15(2,3)9-19/h4-7H,8-9H2,1-3H3,(H,16,17,18,20). The summed E-state index contributed by atoms with van der Waals surface area (Å²) in [7, 11) is 0. The number of ether oxygens (including phenoxy) is 1. The van der Waals surface area contributed by atoms with E-state index in [9.17, 15) is 4.79 Å². The van der Waals surface area contributed by atoms with E-state index in [0.29, 0.717) is 18.9 Å². The molecular formula is C15H18N4O3. The molecule has 7 heteroatoms. The number of para-hydroxylation sites is 1. The largest absolute Gasteiger partial charge is 0.486 e. The maximum absolute atomic E-state index is 12.5. The van der Waals surface area contributed by atoms with E-state index in [0.717, 1.165) is 11.3 Å². The van der Waals surface area contributed by atoms with Gasteiger partial charge in [0.2, 0.25) is 0 Å². The lowest BCUT2D eigenvalue weighted by Gasteiger charge is -2.29. The third-order valence-corrected chi connectivity index (χ3v) is 3.32. The molecule has 7 nitrogen and oxygen atoms in total. The molecule has 0 atom stereocenters. The molecule has 0 fully saturated rings. The minimum atomic E-state index is -0.491. The Hall–Kier alpha value is -2.57. The zero-order valence-electron chi connectivity index (χ0n) is 12.8. The molecule has 0 aliphatic carbocycles. The zero-order chi connectivity index (χ0) is 15.7. The Bertz CT molecular complexity index is 696. The molecule has 2 aromatic rings. The number of carbonyl (C=O) groups excluding carboxylic acids is 1. The second-order valence-electron chi connectivity index (χ2n) is 5.90. The molecule has 116 valence electrons. The van der Waals surface area contributed by atoms with Crippen LogP contribution in [0.1, 0.15) is 25.2 Å². The third-order valence-electron chi connectivity index (χ3n) is 3.32. The molecule has 22 heavy (non-hydrogen) atoms. The Morgan fingerprint density at radius 2 is 2.14 bits per heavy atom. The smallest absolute Gasteiger partial charge is 0.329 e. The lowest BCUT2D eigenvalue weighted by molar-refractivity contribution is 0.0833. The first kappa shape index (κ1) is 14.4. The molecule has 2 amide bonds. The van der Waals surface area contributed by atoms with Gasteiger partial charge in [-0.3, -0.25) is 5.32 Å². The van der Waals surface area contributed by atoms with Crippen molar-refractivity contribution in [3.63, 3.8) is 0 Å². The number of nitrogens with one attached hydrogen (secondary N) is 1. The van der Waals surface area contributed by atoms with Crippen LogP contribution in [0.4, 0.5) is 10.8 Å². The number of nitrogens with zero attached hydrogens (tertiary/aromatic N) is 3. The first-order chi connectivity index (χ1) is 10.4. The van der Waals surface area contributed by atoms with Crippen LogP contribution in [0.15, 0.2) is 28.8 Å². The van der Waals surface area contributed by atoms with Crippen LogP contribution in [-0.2, 0) is 6.54 Å². The fraction of sp³-hybridized carbons (Fsp3) is 0.400. The number of amides is 2. The fourth-order valence-corrected chi connectivity index (χ4v) is 2.45. The molecule has 1 aliphatic heterocycles. The molecule has 0 saturated carbocycles. The maximum Gasteiger partial charge on any atom is 0.329 e. The monoisotopic (exact) mass is 302 g/mol. The van der Waals surface area contributed by atoms with Crippen LogP contribution in [0.25, 0.3) is 0 Å². The first-order valence-corrected chi connectivity index (χ1v) is 7.06. The highest BCUT2D eigenvalue weighted by atomic mass is 16.5. The number of fused-ring (bicyclic) bond motifs is 1. The molecule has 1 N–H and O–H groups in total. The summed E-state index contributed by atoms with van der Waals surface area (Å²) in [4.78, 5) is 18.1. The van der Waals surface area contributed by atoms with Gasteiger partial charge in [-0.1, -0.05) is 23.4 Å². The molecule has 0 spiro atoms. The van der Waals surface area contributed by atoms with Crippen molar-refractivity contribution in [2.24, 2.45) is 0 Å². The van der Waals surface area contributed by atoms with E-state index in [-0.39, 0.29) is 12.0 Å². The van der Waals surface area contributed by atoms with Gasteiger partial charge in [-0.05, 0) is 26.8 Å². The van der Waals surface area contributed by atoms with Gasteiger partial charge >= 0.3 is 12.0 Å². The molecule has 0 radical (unpaired) electrons. The lowest BCUT2D eigenvalue weighted by Crippen LogP contribution is -2.44. The van der Waals surface area contributed by atoms with Crippen molar-refractivity contribution in [3.8, 4) is 5.75 Å². The second-order valence-corrected chi connectivity index (χ2v) is 5.90. The number of aromatic nitrogens is 2. The summed E-state index contributed by atoms with van der Waals surface area (Å²) >= 11 is 0. The molecule has 0 bridgehead atoms. The number of urea groups is 1. The topological polar surface area (TPSA) is 80.5 Å². The molecule has 1 aromatic carbocycles. The molecular weight excluding hydrogens is 284 g/mol. The van der Waals surface area contributed by atoms with E-state index in [4.69, 9.17) is 9.26 Å². The van der Waals surface area contributed by atoms with Crippen LogP contribution in [0, 0.1) is 6.92 Å². The quantitative estimate of drug-likeness (QED) is 0.875. The molecule has 1 aliphatic rings. The van der Waals surface area contributed by atoms with Gasteiger partial charge in [0.15, 0.2) is 5.82 Å². The summed E-state index contributed by atoms with van der Waals surface area (Å²) in [5.41, 5.74) is 0.472. The van der Waals surface area contributed by atoms with Crippen molar-refractivity contribution in [3.05, 3.63) is 35.7 Å². The van der Waals surface area contributed by atoms with Crippen molar-refractivity contribution < 1.29 is 14.1 Å². The SMILES string of the molecule is Cc1noc(NC(=O)N2Cc3ccccc3OC(C)(C)C2)n1. The van der Waals surface area contributed by atoms with Crippen LogP contribution in [0.5, 0.6) is 5.75 Å². The Kier molecular flexibility index (Phi) is 3.48. The molecule has 1 aromatic heterocycles. The summed E-state index contributed by atoms with van der Waals surface area (Å²) in [5.74, 6) is 1.27. The van der Waals surface area contributed by atoms with Gasteiger partial charge in [-0.2, -0.15) is 4.98 Å². The number of hydrogen-bond acceptors (Lipinski definition) is 5. The Balaban J connectivity index is 1.82. The number of aryl methyl sites for hydroxylation is 1. The van der Waals surface area contributed by atoms with E-state index in [1.165, 1.54) is 0 Å². The van der Waals surface area contributed by atoms with Gasteiger partial charge in [-0.25, -0.2) is 4.79 Å². The van der Waals surface area contributed by atoms with Crippen molar-refractivity contribution >= 4 is 12.0 Å². The molecule has 2 heterocycles. The van der Waals surface area contributed by atoms with E-state index in [1.807, 2.05) is 38.1 Å². The van der Waals surface area contributed by atoms with E-state index >= 15 is 0 Å². The Labute approximate surface area is 128 Å². The zero-order valence-corrected chi connectivity index (χ0v) is 12.8. The number of anilines is 1. The Morgan fingerprint density at radius 1 is 1.36 bits per heavy atom. The number of rotatable bonds is 1. The fourth-order valence-electron chi connectivity index (χ4n) is 2.45. The van der Waals surface area contributed by atoms with E-state index in [2.05, 4.69) is 15.5 Å². The summed E-state index contributed by atoms with van der Waals surface area (Å²) in [6.45, 7) is 6.50. The highest BCUT2D eigenvalue weighted by Crippen LogP contribution is 2.29. The van der Waals surface area contributed by atoms with E-state index in [1.54, 1.807) is 11.8 Å².